The first kappa shape index (κ1) is 20.8. The molecule has 22 heavy (non-hydrogen) atoms. The molecule has 0 radical (unpaired) electrons. The van der Waals surface area contributed by atoms with E-state index in [9.17, 15) is 0 Å². The van der Waals surface area contributed by atoms with E-state index in [0.717, 1.165) is 31.1 Å². The van der Waals surface area contributed by atoms with Crippen molar-refractivity contribution < 1.29 is 9.47 Å². The number of hydrogen-bond donors (Lipinski definition) is 1. The van der Waals surface area contributed by atoms with Crippen molar-refractivity contribution in [2.75, 3.05) is 32.8 Å². The summed E-state index contributed by atoms with van der Waals surface area (Å²) in [5, 5.41) is 0. The van der Waals surface area contributed by atoms with E-state index in [0.29, 0.717) is 19.0 Å². The molecule has 1 aromatic carbocycles. The molecule has 0 saturated carbocycles. The SMILES string of the molecule is CCN(CC)CCN=C(N)C1COc2ccccc2O1.Cl.Cl. The number of hydrogen-bond acceptors (Lipinski definition) is 4. The Morgan fingerprint density at radius 3 is 2.50 bits per heavy atom. The summed E-state index contributed by atoms with van der Waals surface area (Å²) < 4.78 is 11.4. The molecule has 0 aromatic heterocycles. The number of aliphatic imine (C=N–C) groups is 1. The van der Waals surface area contributed by atoms with Crippen molar-refractivity contribution in [3.05, 3.63) is 24.3 Å². The first-order valence-corrected chi connectivity index (χ1v) is 7.15. The largest absolute Gasteiger partial charge is 0.485 e. The minimum Gasteiger partial charge on any atom is -0.485 e. The summed E-state index contributed by atoms with van der Waals surface area (Å²) >= 11 is 0. The third-order valence-corrected chi connectivity index (χ3v) is 3.44. The molecule has 5 nitrogen and oxygen atoms in total. The Labute approximate surface area is 144 Å². The first-order chi connectivity index (χ1) is 9.74. The Bertz CT molecular complexity index is 468. The Kier molecular flexibility index (Phi) is 9.98. The van der Waals surface area contributed by atoms with E-state index in [1.54, 1.807) is 0 Å². The van der Waals surface area contributed by atoms with Crippen LogP contribution in [-0.2, 0) is 0 Å². The summed E-state index contributed by atoms with van der Waals surface area (Å²) in [5.41, 5.74) is 6.00. The molecule has 2 N–H and O–H groups in total. The Balaban J connectivity index is 0.00000220. The maximum atomic E-state index is 6.00. The minimum absolute atomic E-state index is 0. The van der Waals surface area contributed by atoms with Crippen LogP contribution in [0.25, 0.3) is 0 Å². The number of halogens is 2. The van der Waals surface area contributed by atoms with Crippen LogP contribution in [-0.4, -0.2) is 49.6 Å². The lowest BCUT2D eigenvalue weighted by Gasteiger charge is -2.26. The van der Waals surface area contributed by atoms with E-state index in [2.05, 4.69) is 23.7 Å². The van der Waals surface area contributed by atoms with Gasteiger partial charge >= 0.3 is 0 Å². The van der Waals surface area contributed by atoms with Crippen LogP contribution in [0, 0.1) is 0 Å². The number of nitrogens with two attached hydrogens (primary N) is 1. The van der Waals surface area contributed by atoms with Crippen LogP contribution in [0.4, 0.5) is 0 Å². The quantitative estimate of drug-likeness (QED) is 0.632. The Hall–Kier alpha value is -1.17. The molecule has 1 atom stereocenters. The predicted molar refractivity (Wildman–Crippen MR) is 95.1 cm³/mol. The molecular formula is C15H25Cl2N3O2. The topological polar surface area (TPSA) is 60.1 Å². The summed E-state index contributed by atoms with van der Waals surface area (Å²) in [5.74, 6) is 2.00. The molecule has 7 heteroatoms. The van der Waals surface area contributed by atoms with Gasteiger partial charge in [0.2, 0.25) is 0 Å². The summed E-state index contributed by atoms with van der Waals surface area (Å²) in [7, 11) is 0. The van der Waals surface area contributed by atoms with Crippen LogP contribution in [0.15, 0.2) is 29.3 Å². The second-order valence-electron chi connectivity index (χ2n) is 4.70. The highest BCUT2D eigenvalue weighted by molar-refractivity contribution is 5.86. The van der Waals surface area contributed by atoms with Crippen LogP contribution in [0.2, 0.25) is 0 Å². The number of para-hydroxylation sites is 2. The number of ether oxygens (including phenoxy) is 2. The van der Waals surface area contributed by atoms with Crippen molar-refractivity contribution in [1.29, 1.82) is 0 Å². The van der Waals surface area contributed by atoms with Gasteiger partial charge in [-0.15, -0.1) is 24.8 Å². The van der Waals surface area contributed by atoms with Gasteiger partial charge in [-0.05, 0) is 25.2 Å². The molecule has 0 fully saturated rings. The summed E-state index contributed by atoms with van der Waals surface area (Å²) in [6.45, 7) is 8.37. The Morgan fingerprint density at radius 1 is 1.23 bits per heavy atom. The number of amidine groups is 1. The zero-order valence-electron chi connectivity index (χ0n) is 13.0. The van der Waals surface area contributed by atoms with Gasteiger partial charge in [0.15, 0.2) is 17.6 Å². The lowest BCUT2D eigenvalue weighted by molar-refractivity contribution is 0.134. The number of rotatable bonds is 6. The van der Waals surface area contributed by atoms with Crippen molar-refractivity contribution in [2.45, 2.75) is 20.0 Å². The molecule has 1 heterocycles. The molecule has 1 unspecified atom stereocenters. The molecule has 0 bridgehead atoms. The normalized spacial score (nSPS) is 16.7. The molecule has 2 rings (SSSR count). The van der Waals surface area contributed by atoms with Crippen molar-refractivity contribution >= 4 is 30.6 Å². The van der Waals surface area contributed by atoms with E-state index in [4.69, 9.17) is 15.2 Å². The van der Waals surface area contributed by atoms with Crippen LogP contribution in [0.1, 0.15) is 13.8 Å². The number of nitrogens with zero attached hydrogens (tertiary/aromatic N) is 2. The van der Waals surface area contributed by atoms with Gasteiger partial charge in [-0.2, -0.15) is 0 Å². The van der Waals surface area contributed by atoms with Crippen LogP contribution in [0.5, 0.6) is 11.5 Å². The van der Waals surface area contributed by atoms with Gasteiger partial charge in [0.05, 0.1) is 6.54 Å². The highest BCUT2D eigenvalue weighted by Crippen LogP contribution is 2.30. The average Bonchev–Trinajstić information content (AvgIpc) is 2.51. The van der Waals surface area contributed by atoms with Gasteiger partial charge in [0, 0.05) is 6.54 Å². The van der Waals surface area contributed by atoms with Crippen molar-refractivity contribution in [3.8, 4) is 11.5 Å². The molecule has 0 aliphatic carbocycles. The maximum Gasteiger partial charge on any atom is 0.189 e. The van der Waals surface area contributed by atoms with Gasteiger partial charge < -0.3 is 20.1 Å². The third kappa shape index (κ3) is 5.55. The predicted octanol–water partition coefficient (Wildman–Crippen LogP) is 2.37. The maximum absolute atomic E-state index is 6.00. The van der Waals surface area contributed by atoms with Crippen molar-refractivity contribution in [3.63, 3.8) is 0 Å². The molecular weight excluding hydrogens is 325 g/mol. The molecule has 0 spiro atoms. The van der Waals surface area contributed by atoms with Crippen molar-refractivity contribution in [2.24, 2.45) is 10.7 Å². The smallest absolute Gasteiger partial charge is 0.189 e. The van der Waals surface area contributed by atoms with Gasteiger partial charge in [-0.25, -0.2) is 0 Å². The second kappa shape index (κ2) is 10.5. The zero-order chi connectivity index (χ0) is 14.4. The molecule has 1 aliphatic heterocycles. The minimum atomic E-state index is -0.290. The van der Waals surface area contributed by atoms with E-state index in [1.165, 1.54) is 0 Å². The van der Waals surface area contributed by atoms with E-state index >= 15 is 0 Å². The zero-order valence-corrected chi connectivity index (χ0v) is 14.7. The first-order valence-electron chi connectivity index (χ1n) is 7.15. The van der Waals surface area contributed by atoms with Crippen molar-refractivity contribution in [1.82, 2.24) is 4.90 Å². The second-order valence-corrected chi connectivity index (χ2v) is 4.70. The lowest BCUT2D eigenvalue weighted by Crippen LogP contribution is -2.41. The molecule has 126 valence electrons. The molecule has 0 amide bonds. The molecule has 0 saturated heterocycles. The van der Waals surface area contributed by atoms with Gasteiger partial charge in [-0.1, -0.05) is 26.0 Å². The fourth-order valence-electron chi connectivity index (χ4n) is 2.13. The van der Waals surface area contributed by atoms with E-state index in [1.807, 2.05) is 24.3 Å². The average molecular weight is 350 g/mol. The highest BCUT2D eigenvalue weighted by atomic mass is 35.5. The third-order valence-electron chi connectivity index (χ3n) is 3.44. The summed E-state index contributed by atoms with van der Waals surface area (Å²) in [4.78, 5) is 6.71. The number of benzene rings is 1. The highest BCUT2D eigenvalue weighted by Gasteiger charge is 2.23. The van der Waals surface area contributed by atoms with Crippen LogP contribution >= 0.6 is 24.8 Å². The number of fused-ring (bicyclic) bond motifs is 1. The van der Waals surface area contributed by atoms with Gasteiger partial charge in [0.1, 0.15) is 12.4 Å². The monoisotopic (exact) mass is 349 g/mol. The van der Waals surface area contributed by atoms with E-state index < -0.39 is 0 Å². The lowest BCUT2D eigenvalue weighted by atomic mass is 10.2. The van der Waals surface area contributed by atoms with Crippen LogP contribution in [0.3, 0.4) is 0 Å². The number of likely N-dealkylation sites (N-methyl/N-ethyl adjacent to an activating group) is 1. The van der Waals surface area contributed by atoms with Gasteiger partial charge in [0.25, 0.3) is 0 Å². The summed E-state index contributed by atoms with van der Waals surface area (Å²) in [6.07, 6.45) is -0.290. The summed E-state index contributed by atoms with van der Waals surface area (Å²) in [6, 6.07) is 7.60. The fraction of sp³-hybridized carbons (Fsp3) is 0.533. The van der Waals surface area contributed by atoms with E-state index in [-0.39, 0.29) is 30.9 Å². The molecule has 1 aromatic rings. The molecule has 1 aliphatic rings. The van der Waals surface area contributed by atoms with Gasteiger partial charge in [-0.3, -0.25) is 4.99 Å². The standard InChI is InChI=1S/C15H23N3O2.2ClH/c1-3-18(4-2)10-9-17-15(16)14-11-19-12-7-5-6-8-13(12)20-14;;/h5-8,14H,3-4,9-11H2,1-2H3,(H2,16,17);2*1H. The fourth-order valence-corrected chi connectivity index (χ4v) is 2.13. The van der Waals surface area contributed by atoms with Crippen LogP contribution < -0.4 is 15.2 Å². The Morgan fingerprint density at radius 2 is 1.86 bits per heavy atom.